The quantitative estimate of drug-likeness (QED) is 0.765. The maximum Gasteiger partial charge on any atom is 0.0644 e. The van der Waals surface area contributed by atoms with Crippen LogP contribution in [0.25, 0.3) is 0 Å². The van der Waals surface area contributed by atoms with Crippen molar-refractivity contribution in [2.24, 2.45) is 0 Å². The van der Waals surface area contributed by atoms with E-state index in [-0.39, 0.29) is 6.61 Å². The van der Waals surface area contributed by atoms with E-state index in [2.05, 4.69) is 17.3 Å². The SMILES string of the molecule is CCCNC1CCCCc2c1cnn2CCO. The molecule has 2 N–H and O–H groups in total. The molecule has 1 unspecified atom stereocenters. The van der Waals surface area contributed by atoms with Crippen LogP contribution in [0.3, 0.4) is 0 Å². The number of nitrogens with one attached hydrogen (secondary N) is 1. The first-order chi connectivity index (χ1) is 8.36. The van der Waals surface area contributed by atoms with Crippen molar-refractivity contribution in [3.05, 3.63) is 17.5 Å². The van der Waals surface area contributed by atoms with Crippen LogP contribution < -0.4 is 5.32 Å². The fourth-order valence-corrected chi connectivity index (χ4v) is 2.60. The second-order valence-corrected chi connectivity index (χ2v) is 4.75. The normalized spacial score (nSPS) is 20.0. The van der Waals surface area contributed by atoms with Gasteiger partial charge >= 0.3 is 0 Å². The molecule has 4 nitrogen and oxygen atoms in total. The molecule has 0 radical (unpaired) electrons. The zero-order valence-corrected chi connectivity index (χ0v) is 10.7. The Morgan fingerprint density at radius 2 is 2.41 bits per heavy atom. The third-order valence-electron chi connectivity index (χ3n) is 3.47. The van der Waals surface area contributed by atoms with E-state index >= 15 is 0 Å². The number of aromatic nitrogens is 2. The van der Waals surface area contributed by atoms with Crippen molar-refractivity contribution in [2.45, 2.75) is 51.6 Å². The van der Waals surface area contributed by atoms with Gasteiger partial charge in [-0.25, -0.2) is 0 Å². The summed E-state index contributed by atoms with van der Waals surface area (Å²) in [5.41, 5.74) is 2.68. The summed E-state index contributed by atoms with van der Waals surface area (Å²) < 4.78 is 1.97. The maximum atomic E-state index is 9.04. The molecule has 0 fully saturated rings. The lowest BCUT2D eigenvalue weighted by Gasteiger charge is -2.16. The molecule has 1 aromatic heterocycles. The Hall–Kier alpha value is -0.870. The topological polar surface area (TPSA) is 50.1 Å². The predicted molar refractivity (Wildman–Crippen MR) is 67.9 cm³/mol. The smallest absolute Gasteiger partial charge is 0.0644 e. The summed E-state index contributed by atoms with van der Waals surface area (Å²) in [4.78, 5) is 0. The molecule has 0 aromatic carbocycles. The monoisotopic (exact) mass is 237 g/mol. The highest BCUT2D eigenvalue weighted by Crippen LogP contribution is 2.28. The fraction of sp³-hybridized carbons (Fsp3) is 0.769. The molecular formula is C13H23N3O. The van der Waals surface area contributed by atoms with Crippen LogP contribution in [0.5, 0.6) is 0 Å². The summed E-state index contributed by atoms with van der Waals surface area (Å²) in [7, 11) is 0. The highest BCUT2D eigenvalue weighted by molar-refractivity contribution is 5.23. The van der Waals surface area contributed by atoms with Crippen molar-refractivity contribution in [3.8, 4) is 0 Å². The summed E-state index contributed by atoms with van der Waals surface area (Å²) in [5.74, 6) is 0. The number of fused-ring (bicyclic) bond motifs is 1. The third kappa shape index (κ3) is 2.87. The van der Waals surface area contributed by atoms with Crippen molar-refractivity contribution in [2.75, 3.05) is 13.2 Å². The molecule has 1 heterocycles. The molecule has 96 valence electrons. The van der Waals surface area contributed by atoms with Gasteiger partial charge in [0.05, 0.1) is 19.3 Å². The lowest BCUT2D eigenvalue weighted by Crippen LogP contribution is -2.22. The van der Waals surface area contributed by atoms with Crippen molar-refractivity contribution in [3.63, 3.8) is 0 Å². The molecule has 1 aliphatic carbocycles. The lowest BCUT2D eigenvalue weighted by atomic mass is 10.1. The third-order valence-corrected chi connectivity index (χ3v) is 3.47. The Labute approximate surface area is 103 Å². The molecule has 2 rings (SSSR count). The molecule has 17 heavy (non-hydrogen) atoms. The Morgan fingerprint density at radius 1 is 1.53 bits per heavy atom. The maximum absolute atomic E-state index is 9.04. The first-order valence-corrected chi connectivity index (χ1v) is 6.75. The van der Waals surface area contributed by atoms with Gasteiger partial charge in [0.15, 0.2) is 0 Å². The average molecular weight is 237 g/mol. The standard InChI is InChI=1S/C13H23N3O/c1-2-7-14-12-5-3-4-6-13-11(12)10-15-16(13)8-9-17/h10,12,14,17H,2-9H2,1H3. The van der Waals surface area contributed by atoms with E-state index in [4.69, 9.17) is 5.11 Å². The van der Waals surface area contributed by atoms with Gasteiger partial charge in [-0.15, -0.1) is 0 Å². The number of aliphatic hydroxyl groups excluding tert-OH is 1. The van der Waals surface area contributed by atoms with Crippen molar-refractivity contribution >= 4 is 0 Å². The highest BCUT2D eigenvalue weighted by Gasteiger charge is 2.21. The van der Waals surface area contributed by atoms with E-state index in [9.17, 15) is 0 Å². The minimum atomic E-state index is 0.168. The molecule has 1 atom stereocenters. The lowest BCUT2D eigenvalue weighted by molar-refractivity contribution is 0.267. The first kappa shape index (κ1) is 12.6. The van der Waals surface area contributed by atoms with Gasteiger partial charge in [0.2, 0.25) is 0 Å². The van der Waals surface area contributed by atoms with Gasteiger partial charge in [-0.05, 0) is 32.2 Å². The van der Waals surface area contributed by atoms with E-state index in [0.717, 1.165) is 19.4 Å². The van der Waals surface area contributed by atoms with Gasteiger partial charge in [-0.1, -0.05) is 13.3 Å². The summed E-state index contributed by atoms with van der Waals surface area (Å²) in [5, 5.41) is 17.1. The van der Waals surface area contributed by atoms with Crippen LogP contribution in [0.15, 0.2) is 6.20 Å². The number of rotatable bonds is 5. The Kier molecular flexibility index (Phi) is 4.57. The molecule has 0 saturated carbocycles. The van der Waals surface area contributed by atoms with Crippen molar-refractivity contribution < 1.29 is 5.11 Å². The minimum absolute atomic E-state index is 0.168. The first-order valence-electron chi connectivity index (χ1n) is 6.75. The van der Waals surface area contributed by atoms with E-state index in [1.807, 2.05) is 10.9 Å². The van der Waals surface area contributed by atoms with Gasteiger partial charge < -0.3 is 10.4 Å². The van der Waals surface area contributed by atoms with Crippen LogP contribution in [-0.2, 0) is 13.0 Å². The van der Waals surface area contributed by atoms with Crippen molar-refractivity contribution in [1.29, 1.82) is 0 Å². The van der Waals surface area contributed by atoms with E-state index in [0.29, 0.717) is 12.6 Å². The Balaban J connectivity index is 2.17. The second-order valence-electron chi connectivity index (χ2n) is 4.75. The van der Waals surface area contributed by atoms with Crippen LogP contribution in [0, 0.1) is 0 Å². The number of hydrogen-bond donors (Lipinski definition) is 2. The summed E-state index contributed by atoms with van der Waals surface area (Å²) in [6.45, 7) is 4.05. The van der Waals surface area contributed by atoms with E-state index < -0.39 is 0 Å². The Morgan fingerprint density at radius 3 is 3.18 bits per heavy atom. The largest absolute Gasteiger partial charge is 0.394 e. The van der Waals surface area contributed by atoms with E-state index in [1.54, 1.807) is 0 Å². The zero-order valence-electron chi connectivity index (χ0n) is 10.7. The van der Waals surface area contributed by atoms with Crippen LogP contribution in [-0.4, -0.2) is 28.0 Å². The Bertz CT molecular complexity index is 348. The van der Waals surface area contributed by atoms with Gasteiger partial charge in [0, 0.05) is 17.3 Å². The van der Waals surface area contributed by atoms with Crippen LogP contribution in [0.1, 0.15) is 49.9 Å². The minimum Gasteiger partial charge on any atom is -0.394 e. The molecule has 0 spiro atoms. The van der Waals surface area contributed by atoms with Gasteiger partial charge in [-0.2, -0.15) is 5.10 Å². The highest BCUT2D eigenvalue weighted by atomic mass is 16.3. The molecule has 1 aromatic rings. The van der Waals surface area contributed by atoms with E-state index in [1.165, 1.54) is 30.5 Å². The van der Waals surface area contributed by atoms with Gasteiger partial charge in [-0.3, -0.25) is 4.68 Å². The van der Waals surface area contributed by atoms with Crippen LogP contribution in [0.2, 0.25) is 0 Å². The molecule has 0 bridgehead atoms. The molecule has 0 amide bonds. The molecule has 4 heteroatoms. The summed E-state index contributed by atoms with van der Waals surface area (Å²) >= 11 is 0. The van der Waals surface area contributed by atoms with Gasteiger partial charge in [0.25, 0.3) is 0 Å². The summed E-state index contributed by atoms with van der Waals surface area (Å²) in [6.07, 6.45) is 7.96. The molecule has 1 aliphatic rings. The summed E-state index contributed by atoms with van der Waals surface area (Å²) in [6, 6.07) is 0.458. The van der Waals surface area contributed by atoms with Crippen molar-refractivity contribution in [1.82, 2.24) is 15.1 Å². The van der Waals surface area contributed by atoms with Crippen LogP contribution >= 0.6 is 0 Å². The molecule has 0 aliphatic heterocycles. The molecule has 0 saturated heterocycles. The van der Waals surface area contributed by atoms with Gasteiger partial charge in [0.1, 0.15) is 0 Å². The molecular weight excluding hydrogens is 214 g/mol. The number of hydrogen-bond acceptors (Lipinski definition) is 3. The average Bonchev–Trinajstić information content (AvgIpc) is 2.62. The number of aliphatic hydroxyl groups is 1. The predicted octanol–water partition coefficient (Wildman–Crippen LogP) is 1.64. The van der Waals surface area contributed by atoms with Crippen LogP contribution in [0.4, 0.5) is 0 Å². The fourth-order valence-electron chi connectivity index (χ4n) is 2.60. The number of nitrogens with zero attached hydrogens (tertiary/aromatic N) is 2. The second kappa shape index (κ2) is 6.17. The zero-order chi connectivity index (χ0) is 12.1.